The molecular weight excluding hydrogens is 254 g/mol. The largest absolute Gasteiger partial charge is 0.313 e. The van der Waals surface area contributed by atoms with E-state index in [0.717, 1.165) is 10.8 Å². The molecule has 1 atom stereocenters. The minimum atomic E-state index is 0.0850. The van der Waals surface area contributed by atoms with Crippen LogP contribution in [0.4, 0.5) is 0 Å². The molecule has 1 aliphatic rings. The van der Waals surface area contributed by atoms with E-state index < -0.39 is 0 Å². The van der Waals surface area contributed by atoms with Crippen LogP contribution in [0.1, 0.15) is 28.3 Å². The second-order valence-electron chi connectivity index (χ2n) is 4.25. The van der Waals surface area contributed by atoms with Gasteiger partial charge in [-0.25, -0.2) is 0 Å². The molecule has 1 fully saturated rings. The molecule has 0 spiro atoms. The Kier molecular flexibility index (Phi) is 4.48. The van der Waals surface area contributed by atoms with Gasteiger partial charge in [0.25, 0.3) is 0 Å². The van der Waals surface area contributed by atoms with Gasteiger partial charge in [0, 0.05) is 16.3 Å². The molecule has 92 valence electrons. The number of thioether (sulfide) groups is 1. The molecule has 2 rings (SSSR count). The van der Waals surface area contributed by atoms with Crippen LogP contribution >= 0.6 is 23.4 Å². The molecule has 0 saturated carbocycles. The molecule has 2 nitrogen and oxygen atoms in total. The van der Waals surface area contributed by atoms with Gasteiger partial charge in [-0.1, -0.05) is 23.7 Å². The molecule has 4 heteroatoms. The number of hydrogen-bond donors (Lipinski definition) is 1. The summed E-state index contributed by atoms with van der Waals surface area (Å²) in [6.45, 7) is 0.356. The highest BCUT2D eigenvalue weighted by atomic mass is 35.5. The van der Waals surface area contributed by atoms with Gasteiger partial charge in [0.05, 0.1) is 6.54 Å². The summed E-state index contributed by atoms with van der Waals surface area (Å²) < 4.78 is 0. The summed E-state index contributed by atoms with van der Waals surface area (Å²) in [6, 6.07) is 5.71. The third-order valence-electron chi connectivity index (χ3n) is 3.03. The molecular formula is C13H16ClNOS. The zero-order valence-corrected chi connectivity index (χ0v) is 11.4. The number of Topliss-reactive ketones (excluding diaryl/α,β-unsaturated/α-hetero) is 1. The fraction of sp³-hybridized carbons (Fsp3) is 0.462. The van der Waals surface area contributed by atoms with Crippen LogP contribution in [-0.2, 0) is 0 Å². The Morgan fingerprint density at radius 3 is 3.00 bits per heavy atom. The molecule has 17 heavy (non-hydrogen) atoms. The van der Waals surface area contributed by atoms with Crippen LogP contribution in [-0.4, -0.2) is 30.9 Å². The lowest BCUT2D eigenvalue weighted by Crippen LogP contribution is -2.18. The molecule has 0 radical (unpaired) electrons. The van der Waals surface area contributed by atoms with E-state index in [-0.39, 0.29) is 5.78 Å². The van der Waals surface area contributed by atoms with Crippen LogP contribution < -0.4 is 5.32 Å². The van der Waals surface area contributed by atoms with Crippen LogP contribution in [0.5, 0.6) is 0 Å². The first-order valence-electron chi connectivity index (χ1n) is 5.77. The highest BCUT2D eigenvalue weighted by Crippen LogP contribution is 2.36. The number of likely N-dealkylation sites (N-methyl/N-ethyl adjacent to an activating group) is 1. The maximum atomic E-state index is 11.7. The SMILES string of the molecule is CNCC(=O)c1ccc(C2CCSC2)c(Cl)c1. The first kappa shape index (κ1) is 12.9. The van der Waals surface area contributed by atoms with Crippen molar-refractivity contribution in [2.45, 2.75) is 12.3 Å². The third kappa shape index (κ3) is 3.03. The maximum absolute atomic E-state index is 11.7. The van der Waals surface area contributed by atoms with Crippen molar-refractivity contribution in [3.63, 3.8) is 0 Å². The van der Waals surface area contributed by atoms with Crippen molar-refractivity contribution in [1.29, 1.82) is 0 Å². The van der Waals surface area contributed by atoms with E-state index in [2.05, 4.69) is 5.32 Å². The van der Waals surface area contributed by atoms with Crippen molar-refractivity contribution in [1.82, 2.24) is 5.32 Å². The first-order chi connectivity index (χ1) is 8.22. The zero-order valence-electron chi connectivity index (χ0n) is 9.83. The lowest BCUT2D eigenvalue weighted by atomic mass is 9.96. The summed E-state index contributed by atoms with van der Waals surface area (Å²) in [6.07, 6.45) is 1.19. The number of carbonyl (C=O) groups is 1. The van der Waals surface area contributed by atoms with Gasteiger partial charge in [-0.15, -0.1) is 0 Å². The van der Waals surface area contributed by atoms with Gasteiger partial charge in [-0.3, -0.25) is 4.79 Å². The zero-order chi connectivity index (χ0) is 12.3. The molecule has 1 N–H and O–H groups in total. The second-order valence-corrected chi connectivity index (χ2v) is 5.81. The molecule has 1 aromatic carbocycles. The van der Waals surface area contributed by atoms with Crippen LogP contribution in [0.2, 0.25) is 5.02 Å². The van der Waals surface area contributed by atoms with Gasteiger partial charge in [0.15, 0.2) is 5.78 Å². The third-order valence-corrected chi connectivity index (χ3v) is 4.52. The Hall–Kier alpha value is -0.510. The predicted molar refractivity (Wildman–Crippen MR) is 74.4 cm³/mol. The molecule has 1 heterocycles. The van der Waals surface area contributed by atoms with Gasteiger partial charge in [-0.2, -0.15) is 11.8 Å². The number of carbonyl (C=O) groups excluding carboxylic acids is 1. The summed E-state index contributed by atoms with van der Waals surface area (Å²) in [5, 5.41) is 3.59. The van der Waals surface area contributed by atoms with Crippen molar-refractivity contribution in [2.75, 3.05) is 25.1 Å². The van der Waals surface area contributed by atoms with Crippen molar-refractivity contribution in [3.05, 3.63) is 34.3 Å². The van der Waals surface area contributed by atoms with E-state index in [1.807, 2.05) is 23.9 Å². The molecule has 1 aromatic rings. The van der Waals surface area contributed by atoms with E-state index in [4.69, 9.17) is 11.6 Å². The van der Waals surface area contributed by atoms with Gasteiger partial charge in [0.1, 0.15) is 0 Å². The molecule has 1 aliphatic heterocycles. The minimum absolute atomic E-state index is 0.0850. The quantitative estimate of drug-likeness (QED) is 0.852. The molecule has 0 amide bonds. The fourth-order valence-corrected chi connectivity index (χ4v) is 3.66. The minimum Gasteiger partial charge on any atom is -0.313 e. The summed E-state index contributed by atoms with van der Waals surface area (Å²) in [4.78, 5) is 11.7. The van der Waals surface area contributed by atoms with Crippen LogP contribution in [0, 0.1) is 0 Å². The molecule has 1 unspecified atom stereocenters. The highest BCUT2D eigenvalue weighted by Gasteiger charge is 2.20. The lowest BCUT2D eigenvalue weighted by Gasteiger charge is -2.12. The van der Waals surface area contributed by atoms with Gasteiger partial charge >= 0.3 is 0 Å². The van der Waals surface area contributed by atoms with Crippen LogP contribution in [0.3, 0.4) is 0 Å². The second kappa shape index (κ2) is 5.89. The molecule has 1 saturated heterocycles. The van der Waals surface area contributed by atoms with E-state index in [1.54, 1.807) is 13.1 Å². The number of rotatable bonds is 4. The van der Waals surface area contributed by atoms with Gasteiger partial charge in [-0.05, 0) is 36.8 Å². The number of ketones is 1. The topological polar surface area (TPSA) is 29.1 Å². The number of hydrogen-bond acceptors (Lipinski definition) is 3. The van der Waals surface area contributed by atoms with E-state index in [9.17, 15) is 4.79 Å². The smallest absolute Gasteiger partial charge is 0.176 e. The Morgan fingerprint density at radius 2 is 2.41 bits per heavy atom. The molecule has 0 aromatic heterocycles. The maximum Gasteiger partial charge on any atom is 0.176 e. The number of halogens is 1. The van der Waals surface area contributed by atoms with Crippen molar-refractivity contribution >= 4 is 29.1 Å². The lowest BCUT2D eigenvalue weighted by molar-refractivity contribution is 0.0993. The van der Waals surface area contributed by atoms with Crippen LogP contribution in [0.25, 0.3) is 0 Å². The standard InChI is InChI=1S/C13H16ClNOS/c1-15-7-13(16)9-2-3-11(12(14)6-9)10-4-5-17-8-10/h2-3,6,10,15H,4-5,7-8H2,1H3. The van der Waals surface area contributed by atoms with E-state index in [0.29, 0.717) is 18.0 Å². The predicted octanol–water partition coefficient (Wildman–Crippen LogP) is 2.96. The van der Waals surface area contributed by atoms with Gasteiger partial charge < -0.3 is 5.32 Å². The summed E-state index contributed by atoms with van der Waals surface area (Å²) in [5.74, 6) is 2.99. The van der Waals surface area contributed by atoms with Crippen molar-refractivity contribution in [2.24, 2.45) is 0 Å². The summed E-state index contributed by atoms with van der Waals surface area (Å²) in [5.41, 5.74) is 1.89. The average Bonchev–Trinajstić information content (AvgIpc) is 2.82. The molecule has 0 bridgehead atoms. The Morgan fingerprint density at radius 1 is 1.59 bits per heavy atom. The summed E-state index contributed by atoms with van der Waals surface area (Å²) >= 11 is 8.24. The monoisotopic (exact) mass is 269 g/mol. The Bertz CT molecular complexity index is 416. The van der Waals surface area contributed by atoms with Crippen LogP contribution in [0.15, 0.2) is 18.2 Å². The van der Waals surface area contributed by atoms with Crippen molar-refractivity contribution in [3.8, 4) is 0 Å². The average molecular weight is 270 g/mol. The van der Waals surface area contributed by atoms with E-state index >= 15 is 0 Å². The van der Waals surface area contributed by atoms with E-state index in [1.165, 1.54) is 17.7 Å². The molecule has 0 aliphatic carbocycles. The summed E-state index contributed by atoms with van der Waals surface area (Å²) in [7, 11) is 1.77. The fourth-order valence-electron chi connectivity index (χ4n) is 2.07. The Labute approximate surface area is 111 Å². The number of nitrogens with one attached hydrogen (secondary N) is 1. The highest BCUT2D eigenvalue weighted by molar-refractivity contribution is 7.99. The number of benzene rings is 1. The normalized spacial score (nSPS) is 19.5. The van der Waals surface area contributed by atoms with Crippen molar-refractivity contribution < 1.29 is 4.79 Å². The van der Waals surface area contributed by atoms with Gasteiger partial charge in [0.2, 0.25) is 0 Å². The first-order valence-corrected chi connectivity index (χ1v) is 7.30. The Balaban J connectivity index is 2.19.